The molecule has 12 atom stereocenters. The van der Waals surface area contributed by atoms with Crippen molar-refractivity contribution in [3.63, 3.8) is 0 Å². The van der Waals surface area contributed by atoms with Gasteiger partial charge in [-0.25, -0.2) is 26.3 Å². The van der Waals surface area contributed by atoms with Crippen molar-refractivity contribution in [3.8, 4) is 11.5 Å². The molecule has 4 aromatic rings. The molecule has 0 saturated heterocycles. The van der Waals surface area contributed by atoms with E-state index in [0.717, 1.165) is 98.7 Å². The van der Waals surface area contributed by atoms with Crippen LogP contribution in [0.15, 0.2) is 72.8 Å². The summed E-state index contributed by atoms with van der Waals surface area (Å²) in [6.45, 7) is 7.85. The number of benzene rings is 4. The van der Waals surface area contributed by atoms with Crippen LogP contribution in [0, 0.1) is 35.5 Å². The average molecular weight is 1260 g/mol. The molecule has 4 heterocycles. The fourth-order valence-electron chi connectivity index (χ4n) is 15.7. The minimum atomic E-state index is -4.01. The van der Waals surface area contributed by atoms with Gasteiger partial charge in [0.05, 0.1) is 50.0 Å². The van der Waals surface area contributed by atoms with Crippen molar-refractivity contribution in [1.82, 2.24) is 9.44 Å². The number of aryl methyl sites for hydroxylation is 2. The number of rotatable bonds is 4. The molecule has 8 aliphatic rings. The van der Waals surface area contributed by atoms with Crippen molar-refractivity contribution in [2.24, 2.45) is 35.5 Å². The normalized spacial score (nSPS) is 32.4. The Morgan fingerprint density at radius 3 is 1.38 bits per heavy atom. The number of amides is 2. The Morgan fingerprint density at radius 2 is 1.00 bits per heavy atom. The van der Waals surface area contributed by atoms with Gasteiger partial charge >= 0.3 is 0 Å². The highest BCUT2D eigenvalue weighted by Gasteiger charge is 2.47. The Labute approximate surface area is 518 Å². The number of carbonyl (C=O) groups is 2. The molecule has 2 amide bonds. The third-order valence-electron chi connectivity index (χ3n) is 20.7. The van der Waals surface area contributed by atoms with Crippen LogP contribution < -0.4 is 28.7 Å². The summed E-state index contributed by atoms with van der Waals surface area (Å²) in [7, 11) is -5.09. The van der Waals surface area contributed by atoms with Crippen LogP contribution in [-0.4, -0.2) is 128 Å². The predicted molar refractivity (Wildman–Crippen MR) is 335 cm³/mol. The van der Waals surface area contributed by atoms with Gasteiger partial charge in [0.1, 0.15) is 22.0 Å². The third kappa shape index (κ3) is 13.3. The molecule has 4 bridgehead atoms. The monoisotopic (exact) mass is 1260 g/mol. The van der Waals surface area contributed by atoms with E-state index in [-0.39, 0.29) is 58.8 Å². The molecule has 20 heteroatoms. The predicted octanol–water partition coefficient (Wildman–Crippen LogP) is 10.2. The first kappa shape index (κ1) is 62.9. The molecule has 2 saturated carbocycles. The smallest absolute Gasteiger partial charge is 0.264 e. The lowest BCUT2D eigenvalue weighted by Crippen LogP contribution is -2.49. The molecule has 2 spiro atoms. The SMILES string of the molecule is COC[C@@H]1C[C@@H](C)CC[C@H](O)[C@@H]2CC[C@H]2CN2C[C@@]3(CCCc4cc(Cl)ccc43)COc3ccc(cc32)C(=O)NS1(=O)=O.COC[C@@H]1C[C@H](C)CC[C@H](O)[C@@H]2CC[C@H]2CN2C[C@@]3(CCCc4cc(Cl)ccc43)COc3ccc(cc32)C(=O)NS1(=O)=O. The van der Waals surface area contributed by atoms with E-state index in [0.29, 0.717) is 88.2 Å². The number of fused-ring (bicyclic) bond motifs is 8. The topological polar surface area (TPSA) is 210 Å². The summed E-state index contributed by atoms with van der Waals surface area (Å²) >= 11 is 12.8. The first-order chi connectivity index (χ1) is 41.2. The Bertz CT molecular complexity index is 3150. The van der Waals surface area contributed by atoms with E-state index in [2.05, 4.69) is 43.5 Å². The van der Waals surface area contributed by atoms with Crippen LogP contribution in [0.5, 0.6) is 11.5 Å². The molecule has 0 radical (unpaired) electrons. The summed E-state index contributed by atoms with van der Waals surface area (Å²) in [5.41, 5.74) is 6.62. The Hall–Kier alpha value is -4.66. The summed E-state index contributed by atoms with van der Waals surface area (Å²) < 4.78 is 81.8. The van der Waals surface area contributed by atoms with Crippen molar-refractivity contribution < 1.29 is 55.6 Å². The van der Waals surface area contributed by atoms with Crippen molar-refractivity contribution in [2.75, 3.05) is 76.6 Å². The van der Waals surface area contributed by atoms with E-state index < -0.39 is 54.6 Å². The Balaban J connectivity index is 0.000000179. The van der Waals surface area contributed by atoms with E-state index in [1.165, 1.54) is 36.5 Å². The zero-order chi connectivity index (χ0) is 60.7. The Morgan fingerprint density at radius 1 is 0.581 bits per heavy atom. The van der Waals surface area contributed by atoms with Gasteiger partial charge in [-0.05, 0) is 221 Å². The highest BCUT2D eigenvalue weighted by atomic mass is 35.5. The molecule has 2 fully saturated rings. The second kappa shape index (κ2) is 26.0. The van der Waals surface area contributed by atoms with Crippen molar-refractivity contribution in [3.05, 3.63) is 116 Å². The van der Waals surface area contributed by atoms with Crippen LogP contribution in [0.3, 0.4) is 0 Å². The number of sulfonamides is 2. The molecular weight excluding hydrogens is 1180 g/mol. The Kier molecular flexibility index (Phi) is 19.1. The molecule has 0 aromatic heterocycles. The molecule has 16 nitrogen and oxygen atoms in total. The van der Waals surface area contributed by atoms with E-state index in [4.69, 9.17) is 42.1 Å². The van der Waals surface area contributed by atoms with Gasteiger partial charge in [-0.3, -0.25) is 9.59 Å². The summed E-state index contributed by atoms with van der Waals surface area (Å²) in [6.07, 6.45) is 12.4. The fourth-order valence-corrected chi connectivity index (χ4v) is 19.0. The highest BCUT2D eigenvalue weighted by Crippen LogP contribution is 2.50. The molecule has 86 heavy (non-hydrogen) atoms. The molecule has 4 aromatic carbocycles. The molecule has 4 N–H and O–H groups in total. The fraction of sp³-hybridized carbons (Fsp3) is 0.606. The van der Waals surface area contributed by atoms with Crippen LogP contribution >= 0.6 is 23.2 Å². The van der Waals surface area contributed by atoms with Gasteiger partial charge in [0.25, 0.3) is 11.8 Å². The van der Waals surface area contributed by atoms with Gasteiger partial charge in [0.15, 0.2) is 0 Å². The van der Waals surface area contributed by atoms with Gasteiger partial charge in [-0.15, -0.1) is 0 Å². The number of anilines is 2. The van der Waals surface area contributed by atoms with Gasteiger partial charge < -0.3 is 39.0 Å². The zero-order valence-corrected chi connectivity index (χ0v) is 53.3. The van der Waals surface area contributed by atoms with Crippen LogP contribution in [0.25, 0.3) is 0 Å². The van der Waals surface area contributed by atoms with Gasteiger partial charge in [0.2, 0.25) is 20.0 Å². The van der Waals surface area contributed by atoms with E-state index >= 15 is 0 Å². The number of hydrogen-bond donors (Lipinski definition) is 4. The number of ether oxygens (including phenoxy) is 4. The maximum Gasteiger partial charge on any atom is 0.264 e. The van der Waals surface area contributed by atoms with Crippen molar-refractivity contribution in [2.45, 2.75) is 150 Å². The van der Waals surface area contributed by atoms with Crippen molar-refractivity contribution >= 4 is 66.4 Å². The number of methoxy groups -OCH3 is 2. The summed E-state index contributed by atoms with van der Waals surface area (Å²) in [5.74, 6) is 1.14. The summed E-state index contributed by atoms with van der Waals surface area (Å²) in [6, 6.07) is 22.8. The van der Waals surface area contributed by atoms with Gasteiger partial charge in [-0.2, -0.15) is 0 Å². The van der Waals surface area contributed by atoms with E-state index in [1.54, 1.807) is 36.4 Å². The number of nitrogens with one attached hydrogen (secondary N) is 2. The number of nitrogens with zero attached hydrogens (tertiary/aromatic N) is 2. The number of carbonyl (C=O) groups excluding carboxylic acids is 2. The highest BCUT2D eigenvalue weighted by molar-refractivity contribution is 7.91. The van der Waals surface area contributed by atoms with Crippen LogP contribution in [0.2, 0.25) is 10.0 Å². The number of halogens is 2. The lowest BCUT2D eigenvalue weighted by atomic mass is 9.68. The number of aliphatic hydroxyl groups is 2. The van der Waals surface area contributed by atoms with Crippen LogP contribution in [-0.2, 0) is 53.2 Å². The van der Waals surface area contributed by atoms with E-state index in [9.17, 15) is 36.6 Å². The maximum absolute atomic E-state index is 13.5. The first-order valence-electron chi connectivity index (χ1n) is 31.2. The third-order valence-corrected chi connectivity index (χ3v) is 24.6. The molecule has 4 aliphatic heterocycles. The van der Waals surface area contributed by atoms with Crippen molar-refractivity contribution in [1.29, 1.82) is 0 Å². The molecule has 0 unspecified atom stereocenters. The lowest BCUT2D eigenvalue weighted by molar-refractivity contribution is 0.00673. The summed E-state index contributed by atoms with van der Waals surface area (Å²) in [4.78, 5) is 31.6. The minimum absolute atomic E-state index is 0.0131. The average Bonchev–Trinajstić information content (AvgIpc) is 1.94. The molecule has 12 rings (SSSR count). The summed E-state index contributed by atoms with van der Waals surface area (Å²) in [5, 5.41) is 22.3. The second-order valence-electron chi connectivity index (χ2n) is 26.7. The lowest BCUT2D eigenvalue weighted by Gasteiger charge is -2.46. The van der Waals surface area contributed by atoms with Crippen LogP contribution in [0.1, 0.15) is 147 Å². The molecule has 468 valence electrons. The molecular formula is C66H86Cl2N4O12S2. The van der Waals surface area contributed by atoms with Gasteiger partial charge in [0, 0.05) is 72.4 Å². The van der Waals surface area contributed by atoms with Gasteiger partial charge in [-0.1, -0.05) is 49.2 Å². The number of aliphatic hydroxyl groups excluding tert-OH is 2. The molecule has 4 aliphatic carbocycles. The standard InChI is InChI=1S/2C33H43ClN2O6S/c2*1-21-5-11-30(37)27-9-6-24(27)17-36-19-33(13-3-4-22-15-25(34)8-10-28(22)33)20-42-31-12-7-23(16-29(31)36)32(38)35-43(39,40)26(14-21)18-41-2/h2*7-8,10,12,15-16,21,24,26-27,30,37H,3-6,9,11,13-14,17-20H2,1-2H3,(H,35,38)/t21-,24+,26+,27-,30+,33+;21-,24-,26-,27+,30-,33-/m10/s1. The quantitative estimate of drug-likeness (QED) is 0.150. The first-order valence-corrected chi connectivity index (χ1v) is 35.1. The number of hydrogen-bond acceptors (Lipinski definition) is 14. The second-order valence-corrected chi connectivity index (χ2v) is 31.4. The minimum Gasteiger partial charge on any atom is -0.490 e. The van der Waals surface area contributed by atoms with E-state index in [1.807, 2.05) is 26.0 Å². The zero-order valence-electron chi connectivity index (χ0n) is 50.1. The maximum atomic E-state index is 13.5. The van der Waals surface area contributed by atoms with Crippen LogP contribution in [0.4, 0.5) is 11.4 Å². The largest absolute Gasteiger partial charge is 0.490 e.